The number of phenolic OH excluding ortho intramolecular Hbond substituents is 1. The second-order valence-corrected chi connectivity index (χ2v) is 3.70. The SMILES string of the molecule is Oc1ccc(-c2cc(F)c(F)cc2Cl)cc1. The van der Waals surface area contributed by atoms with Crippen LogP contribution in [0.15, 0.2) is 36.4 Å². The first-order chi connectivity index (χ1) is 7.58. The summed E-state index contributed by atoms with van der Waals surface area (Å²) < 4.78 is 25.9. The number of rotatable bonds is 1. The summed E-state index contributed by atoms with van der Waals surface area (Å²) in [5.41, 5.74) is 1.00. The van der Waals surface area contributed by atoms with Crippen LogP contribution in [0.25, 0.3) is 11.1 Å². The van der Waals surface area contributed by atoms with Crippen LogP contribution in [0.4, 0.5) is 8.78 Å². The quantitative estimate of drug-likeness (QED) is 0.748. The molecule has 0 fully saturated rings. The van der Waals surface area contributed by atoms with E-state index in [2.05, 4.69) is 0 Å². The molecule has 0 saturated carbocycles. The first-order valence-corrected chi connectivity index (χ1v) is 4.89. The molecule has 2 aromatic rings. The van der Waals surface area contributed by atoms with E-state index in [-0.39, 0.29) is 10.8 Å². The van der Waals surface area contributed by atoms with Gasteiger partial charge in [0.05, 0.1) is 5.02 Å². The molecule has 0 amide bonds. The van der Waals surface area contributed by atoms with Gasteiger partial charge in [0.25, 0.3) is 0 Å². The Labute approximate surface area is 95.9 Å². The van der Waals surface area contributed by atoms with Crippen molar-refractivity contribution in [3.63, 3.8) is 0 Å². The van der Waals surface area contributed by atoms with Gasteiger partial charge in [-0.15, -0.1) is 0 Å². The maximum Gasteiger partial charge on any atom is 0.160 e. The predicted octanol–water partition coefficient (Wildman–Crippen LogP) is 3.99. The normalized spacial score (nSPS) is 10.4. The molecule has 1 N–H and O–H groups in total. The van der Waals surface area contributed by atoms with Crippen molar-refractivity contribution in [1.82, 2.24) is 0 Å². The second-order valence-electron chi connectivity index (χ2n) is 3.29. The Morgan fingerprint density at radius 1 is 0.938 bits per heavy atom. The summed E-state index contributed by atoms with van der Waals surface area (Å²) in [5.74, 6) is -1.83. The Hall–Kier alpha value is -1.61. The standard InChI is InChI=1S/C12H7ClF2O/c13-10-6-12(15)11(14)5-9(10)7-1-3-8(16)4-2-7/h1-6,16H. The Kier molecular flexibility index (Phi) is 2.79. The van der Waals surface area contributed by atoms with Gasteiger partial charge in [0.1, 0.15) is 5.75 Å². The third kappa shape index (κ3) is 1.99. The number of aromatic hydroxyl groups is 1. The molecule has 0 aliphatic carbocycles. The number of hydrogen-bond acceptors (Lipinski definition) is 1. The summed E-state index contributed by atoms with van der Waals surface area (Å²) >= 11 is 5.81. The molecule has 0 radical (unpaired) electrons. The molecule has 2 aromatic carbocycles. The summed E-state index contributed by atoms with van der Waals surface area (Å²) in [7, 11) is 0. The van der Waals surface area contributed by atoms with Gasteiger partial charge in [-0.2, -0.15) is 0 Å². The first-order valence-electron chi connectivity index (χ1n) is 4.52. The van der Waals surface area contributed by atoms with Gasteiger partial charge in [-0.25, -0.2) is 8.78 Å². The van der Waals surface area contributed by atoms with Crippen LogP contribution in [-0.4, -0.2) is 5.11 Å². The maximum atomic E-state index is 13.0. The van der Waals surface area contributed by atoms with E-state index >= 15 is 0 Å². The lowest BCUT2D eigenvalue weighted by atomic mass is 10.1. The summed E-state index contributed by atoms with van der Waals surface area (Å²) in [4.78, 5) is 0. The topological polar surface area (TPSA) is 20.2 Å². The van der Waals surface area contributed by atoms with Crippen molar-refractivity contribution >= 4 is 11.6 Å². The minimum atomic E-state index is -0.979. The highest BCUT2D eigenvalue weighted by Gasteiger charge is 2.09. The molecular formula is C12H7ClF2O. The fraction of sp³-hybridized carbons (Fsp3) is 0. The monoisotopic (exact) mass is 240 g/mol. The summed E-state index contributed by atoms with van der Waals surface area (Å²) in [5, 5.41) is 9.23. The Bertz CT molecular complexity index is 523. The highest BCUT2D eigenvalue weighted by molar-refractivity contribution is 6.33. The van der Waals surface area contributed by atoms with E-state index in [1.54, 1.807) is 12.1 Å². The average molecular weight is 241 g/mol. The summed E-state index contributed by atoms with van der Waals surface area (Å²) in [6.07, 6.45) is 0. The van der Waals surface area contributed by atoms with Crippen molar-refractivity contribution in [2.75, 3.05) is 0 Å². The minimum absolute atomic E-state index is 0.0995. The van der Waals surface area contributed by atoms with Crippen molar-refractivity contribution in [3.8, 4) is 16.9 Å². The molecular weight excluding hydrogens is 234 g/mol. The molecule has 0 spiro atoms. The van der Waals surface area contributed by atoms with E-state index < -0.39 is 11.6 Å². The third-order valence-corrected chi connectivity index (χ3v) is 2.50. The maximum absolute atomic E-state index is 13.0. The molecule has 0 heterocycles. The van der Waals surface area contributed by atoms with E-state index in [1.165, 1.54) is 12.1 Å². The molecule has 16 heavy (non-hydrogen) atoms. The van der Waals surface area contributed by atoms with Crippen molar-refractivity contribution in [3.05, 3.63) is 53.1 Å². The first kappa shape index (κ1) is 10.9. The zero-order valence-corrected chi connectivity index (χ0v) is 8.80. The Balaban J connectivity index is 2.56. The minimum Gasteiger partial charge on any atom is -0.508 e. The fourth-order valence-electron chi connectivity index (χ4n) is 1.38. The number of hydrogen-bond donors (Lipinski definition) is 1. The highest BCUT2D eigenvalue weighted by atomic mass is 35.5. The van der Waals surface area contributed by atoms with Gasteiger partial charge < -0.3 is 5.11 Å². The predicted molar refractivity (Wildman–Crippen MR) is 58.5 cm³/mol. The van der Waals surface area contributed by atoms with E-state index in [0.717, 1.165) is 12.1 Å². The zero-order valence-electron chi connectivity index (χ0n) is 8.05. The summed E-state index contributed by atoms with van der Waals surface area (Å²) in [6, 6.07) is 8.02. The van der Waals surface area contributed by atoms with Gasteiger partial charge in [-0.1, -0.05) is 23.7 Å². The largest absolute Gasteiger partial charge is 0.508 e. The number of halogens is 3. The smallest absolute Gasteiger partial charge is 0.160 e. The van der Waals surface area contributed by atoms with Crippen LogP contribution >= 0.6 is 11.6 Å². The van der Waals surface area contributed by atoms with Crippen LogP contribution in [0, 0.1) is 11.6 Å². The second kappa shape index (κ2) is 4.10. The van der Waals surface area contributed by atoms with Crippen molar-refractivity contribution in [1.29, 1.82) is 0 Å². The van der Waals surface area contributed by atoms with Gasteiger partial charge in [0.15, 0.2) is 11.6 Å². The molecule has 1 nitrogen and oxygen atoms in total. The molecule has 0 aliphatic heterocycles. The van der Waals surface area contributed by atoms with Crippen LogP contribution in [0.5, 0.6) is 5.75 Å². The Morgan fingerprint density at radius 2 is 1.50 bits per heavy atom. The van der Waals surface area contributed by atoms with Crippen molar-refractivity contribution in [2.45, 2.75) is 0 Å². The van der Waals surface area contributed by atoms with E-state index in [4.69, 9.17) is 16.7 Å². The van der Waals surface area contributed by atoms with Crippen molar-refractivity contribution < 1.29 is 13.9 Å². The molecule has 4 heteroatoms. The number of phenols is 1. The lowest BCUT2D eigenvalue weighted by Crippen LogP contribution is -1.87. The van der Waals surface area contributed by atoms with Gasteiger partial charge in [0.2, 0.25) is 0 Å². The van der Waals surface area contributed by atoms with Gasteiger partial charge >= 0.3 is 0 Å². The molecule has 0 atom stereocenters. The average Bonchev–Trinajstić information content (AvgIpc) is 2.25. The molecule has 0 aliphatic rings. The van der Waals surface area contributed by atoms with E-state index in [9.17, 15) is 8.78 Å². The molecule has 0 saturated heterocycles. The van der Waals surface area contributed by atoms with Gasteiger partial charge in [-0.3, -0.25) is 0 Å². The van der Waals surface area contributed by atoms with Crippen LogP contribution in [-0.2, 0) is 0 Å². The van der Waals surface area contributed by atoms with Crippen LogP contribution in [0.1, 0.15) is 0 Å². The molecule has 2 rings (SSSR count). The van der Waals surface area contributed by atoms with Crippen LogP contribution < -0.4 is 0 Å². The molecule has 82 valence electrons. The van der Waals surface area contributed by atoms with Gasteiger partial charge in [0, 0.05) is 5.56 Å². The fourth-order valence-corrected chi connectivity index (χ4v) is 1.64. The highest BCUT2D eigenvalue weighted by Crippen LogP contribution is 2.30. The third-order valence-electron chi connectivity index (χ3n) is 2.19. The number of benzene rings is 2. The van der Waals surface area contributed by atoms with E-state index in [0.29, 0.717) is 11.1 Å². The van der Waals surface area contributed by atoms with Gasteiger partial charge in [-0.05, 0) is 29.8 Å². The molecule has 0 bridgehead atoms. The van der Waals surface area contributed by atoms with Crippen LogP contribution in [0.3, 0.4) is 0 Å². The zero-order chi connectivity index (χ0) is 11.7. The summed E-state index contributed by atoms with van der Waals surface area (Å²) in [6.45, 7) is 0. The van der Waals surface area contributed by atoms with Crippen LogP contribution in [0.2, 0.25) is 5.02 Å². The lowest BCUT2D eigenvalue weighted by molar-refractivity contribution is 0.475. The molecule has 0 unspecified atom stereocenters. The molecule has 0 aromatic heterocycles. The lowest BCUT2D eigenvalue weighted by Gasteiger charge is -2.05. The Morgan fingerprint density at radius 3 is 2.12 bits per heavy atom. The van der Waals surface area contributed by atoms with E-state index in [1.807, 2.05) is 0 Å². The van der Waals surface area contributed by atoms with Crippen molar-refractivity contribution in [2.24, 2.45) is 0 Å².